The normalized spacial score (nSPS) is 18.0. The van der Waals surface area contributed by atoms with Crippen LogP contribution in [0.2, 0.25) is 0 Å². The van der Waals surface area contributed by atoms with Crippen molar-refractivity contribution in [2.24, 2.45) is 10.1 Å². The zero-order chi connectivity index (χ0) is 14.5. The van der Waals surface area contributed by atoms with Gasteiger partial charge in [0.25, 0.3) is 0 Å². The average Bonchev–Trinajstić information content (AvgIpc) is 2.72. The Hall–Kier alpha value is -2.50. The van der Waals surface area contributed by atoms with Crippen LogP contribution in [-0.2, 0) is 4.79 Å². The number of hydrogen-bond acceptors (Lipinski definition) is 5. The number of Topliss-reactive ketones (excluding diaryl/α,β-unsaturated/α-hetero) is 1. The Morgan fingerprint density at radius 1 is 1.55 bits per heavy atom. The zero-order valence-corrected chi connectivity index (χ0v) is 11.1. The number of nitrogens with one attached hydrogen (secondary N) is 2. The van der Waals surface area contributed by atoms with Gasteiger partial charge in [0.1, 0.15) is 11.6 Å². The third-order valence-electron chi connectivity index (χ3n) is 2.70. The highest BCUT2D eigenvalue weighted by Gasteiger charge is 2.21. The number of carbonyl (C=O) groups excluding carboxylic acids is 1. The van der Waals surface area contributed by atoms with Crippen molar-refractivity contribution < 1.29 is 9.18 Å². The van der Waals surface area contributed by atoms with E-state index in [1.54, 1.807) is 18.3 Å². The third-order valence-corrected chi connectivity index (χ3v) is 2.70. The Morgan fingerprint density at radius 2 is 2.25 bits per heavy atom. The number of benzene rings is 1. The first-order valence-corrected chi connectivity index (χ1v) is 6.12. The summed E-state index contributed by atoms with van der Waals surface area (Å²) in [6, 6.07) is 5.69. The van der Waals surface area contributed by atoms with E-state index in [9.17, 15) is 9.18 Å². The molecule has 1 heterocycles. The van der Waals surface area contributed by atoms with Crippen LogP contribution in [-0.4, -0.2) is 24.0 Å². The monoisotopic (exact) mass is 274 g/mol. The number of hydrazone groups is 1. The van der Waals surface area contributed by atoms with Crippen molar-refractivity contribution in [1.29, 1.82) is 0 Å². The standard InChI is InChI=1S/C14H15FN4O/c1-9(20)7-13-10(2)17-14(18-13)19-16-8-11-3-5-12(15)6-4-11/h3-6,8,13H,2,7H2,1H3,(H2,17,18,19)/b16-8+. The molecule has 1 aromatic carbocycles. The second-order valence-corrected chi connectivity index (χ2v) is 4.47. The van der Waals surface area contributed by atoms with E-state index in [0.29, 0.717) is 18.1 Å². The van der Waals surface area contributed by atoms with E-state index < -0.39 is 0 Å². The Balaban J connectivity index is 1.92. The number of hydrogen-bond donors (Lipinski definition) is 2. The molecule has 0 fully saturated rings. The first kappa shape index (κ1) is 13.9. The van der Waals surface area contributed by atoms with Crippen LogP contribution in [0.1, 0.15) is 18.9 Å². The van der Waals surface area contributed by atoms with Crippen molar-refractivity contribution in [1.82, 2.24) is 10.7 Å². The van der Waals surface area contributed by atoms with Gasteiger partial charge in [0.05, 0.1) is 12.3 Å². The lowest BCUT2D eigenvalue weighted by Crippen LogP contribution is -2.29. The van der Waals surface area contributed by atoms with Crippen LogP contribution in [0.3, 0.4) is 0 Å². The molecule has 20 heavy (non-hydrogen) atoms. The maximum atomic E-state index is 12.7. The summed E-state index contributed by atoms with van der Waals surface area (Å²) in [6.45, 7) is 5.32. The number of guanidine groups is 1. The summed E-state index contributed by atoms with van der Waals surface area (Å²) < 4.78 is 12.7. The molecule has 1 unspecified atom stereocenters. The molecule has 1 atom stereocenters. The molecule has 0 aliphatic carbocycles. The summed E-state index contributed by atoms with van der Waals surface area (Å²) in [4.78, 5) is 15.3. The van der Waals surface area contributed by atoms with Crippen LogP contribution in [0.4, 0.5) is 4.39 Å². The van der Waals surface area contributed by atoms with Crippen LogP contribution in [0.5, 0.6) is 0 Å². The van der Waals surface area contributed by atoms with Crippen molar-refractivity contribution in [2.45, 2.75) is 19.4 Å². The molecule has 5 nitrogen and oxygen atoms in total. The molecule has 0 bridgehead atoms. The second-order valence-electron chi connectivity index (χ2n) is 4.47. The van der Waals surface area contributed by atoms with E-state index in [2.05, 4.69) is 27.4 Å². The molecule has 0 aromatic heterocycles. The van der Waals surface area contributed by atoms with Crippen molar-refractivity contribution in [3.8, 4) is 0 Å². The van der Waals surface area contributed by atoms with Crippen LogP contribution in [0.25, 0.3) is 0 Å². The van der Waals surface area contributed by atoms with Gasteiger partial charge in [0, 0.05) is 12.1 Å². The predicted octanol–water partition coefficient (Wildman–Crippen LogP) is 1.57. The van der Waals surface area contributed by atoms with E-state index in [-0.39, 0.29) is 17.6 Å². The second kappa shape index (κ2) is 6.10. The summed E-state index contributed by atoms with van der Waals surface area (Å²) in [5.74, 6) is 0.206. The quantitative estimate of drug-likeness (QED) is 0.647. The summed E-state index contributed by atoms with van der Waals surface area (Å²) in [5, 5.41) is 6.91. The third kappa shape index (κ3) is 3.74. The minimum absolute atomic E-state index is 0.0535. The fraction of sp³-hybridized carbons (Fsp3) is 0.214. The van der Waals surface area contributed by atoms with Crippen molar-refractivity contribution in [3.63, 3.8) is 0 Å². The minimum atomic E-state index is -0.291. The summed E-state index contributed by atoms with van der Waals surface area (Å²) in [7, 11) is 0. The lowest BCUT2D eigenvalue weighted by molar-refractivity contribution is -0.117. The molecule has 1 aliphatic heterocycles. The molecule has 0 radical (unpaired) electrons. The van der Waals surface area contributed by atoms with E-state index >= 15 is 0 Å². The molecule has 6 heteroatoms. The lowest BCUT2D eigenvalue weighted by atomic mass is 10.1. The van der Waals surface area contributed by atoms with Gasteiger partial charge in [-0.15, -0.1) is 0 Å². The van der Waals surface area contributed by atoms with Gasteiger partial charge in [-0.1, -0.05) is 18.7 Å². The van der Waals surface area contributed by atoms with E-state index in [1.807, 2.05) is 0 Å². The molecule has 0 saturated heterocycles. The highest BCUT2D eigenvalue weighted by molar-refractivity contribution is 5.87. The van der Waals surface area contributed by atoms with Crippen molar-refractivity contribution in [2.75, 3.05) is 0 Å². The molecular formula is C14H15FN4O. The maximum absolute atomic E-state index is 12.7. The lowest BCUT2D eigenvalue weighted by Gasteiger charge is -2.04. The number of carbonyl (C=O) groups is 1. The summed E-state index contributed by atoms with van der Waals surface area (Å²) in [6.07, 6.45) is 1.86. The minimum Gasteiger partial charge on any atom is -0.327 e. The van der Waals surface area contributed by atoms with Crippen molar-refractivity contribution in [3.05, 3.63) is 47.9 Å². The smallest absolute Gasteiger partial charge is 0.217 e. The van der Waals surface area contributed by atoms with Crippen LogP contribution < -0.4 is 10.7 Å². The number of halogens is 1. The highest BCUT2D eigenvalue weighted by atomic mass is 19.1. The van der Waals surface area contributed by atoms with Crippen LogP contribution in [0.15, 0.2) is 46.6 Å². The summed E-state index contributed by atoms with van der Waals surface area (Å²) in [5.41, 5.74) is 4.15. The number of ketones is 1. The first-order chi connectivity index (χ1) is 9.54. The van der Waals surface area contributed by atoms with Crippen molar-refractivity contribution >= 4 is 18.0 Å². The van der Waals surface area contributed by atoms with Crippen LogP contribution in [0, 0.1) is 5.82 Å². The van der Waals surface area contributed by atoms with Gasteiger partial charge in [-0.05, 0) is 24.6 Å². The van der Waals surface area contributed by atoms with Gasteiger partial charge in [-0.3, -0.25) is 4.79 Å². The van der Waals surface area contributed by atoms with Gasteiger partial charge in [-0.2, -0.15) is 5.10 Å². The molecule has 2 N–H and O–H groups in total. The van der Waals surface area contributed by atoms with E-state index in [0.717, 1.165) is 5.56 Å². The molecule has 0 saturated carbocycles. The number of nitrogens with zero attached hydrogens (tertiary/aromatic N) is 2. The molecule has 0 amide bonds. The summed E-state index contributed by atoms with van der Waals surface area (Å²) >= 11 is 0. The zero-order valence-electron chi connectivity index (χ0n) is 11.1. The molecule has 2 rings (SSSR count). The fourth-order valence-corrected chi connectivity index (χ4v) is 1.72. The Labute approximate surface area is 116 Å². The molecule has 1 aliphatic rings. The van der Waals surface area contributed by atoms with Gasteiger partial charge < -0.3 is 5.32 Å². The molecular weight excluding hydrogens is 259 g/mol. The maximum Gasteiger partial charge on any atom is 0.217 e. The van der Waals surface area contributed by atoms with Gasteiger partial charge in [0.15, 0.2) is 0 Å². The molecule has 1 aromatic rings. The van der Waals surface area contributed by atoms with E-state index in [4.69, 9.17) is 0 Å². The van der Waals surface area contributed by atoms with Crippen LogP contribution >= 0.6 is 0 Å². The number of aliphatic imine (C=N–C) groups is 1. The molecule has 104 valence electrons. The van der Waals surface area contributed by atoms with Gasteiger partial charge in [0.2, 0.25) is 5.96 Å². The largest absolute Gasteiger partial charge is 0.327 e. The Kier molecular flexibility index (Phi) is 4.24. The first-order valence-electron chi connectivity index (χ1n) is 6.12. The Bertz CT molecular complexity index is 577. The fourth-order valence-electron chi connectivity index (χ4n) is 1.72. The predicted molar refractivity (Wildman–Crippen MR) is 75.9 cm³/mol. The topological polar surface area (TPSA) is 65.8 Å². The molecule has 0 spiro atoms. The average molecular weight is 274 g/mol. The highest BCUT2D eigenvalue weighted by Crippen LogP contribution is 2.12. The Morgan fingerprint density at radius 3 is 2.90 bits per heavy atom. The SMILES string of the molecule is C=C1NC(N/N=C/c2ccc(F)cc2)=NC1CC(C)=O. The van der Waals surface area contributed by atoms with Gasteiger partial charge >= 0.3 is 0 Å². The number of rotatable bonds is 4. The van der Waals surface area contributed by atoms with Gasteiger partial charge in [-0.25, -0.2) is 14.8 Å². The van der Waals surface area contributed by atoms with E-state index in [1.165, 1.54) is 19.1 Å².